The van der Waals surface area contributed by atoms with Crippen LogP contribution in [0.2, 0.25) is 5.02 Å². The van der Waals surface area contributed by atoms with Gasteiger partial charge in [-0.2, -0.15) is 0 Å². The number of anilines is 1. The van der Waals surface area contributed by atoms with Gasteiger partial charge in [0, 0.05) is 10.2 Å². The van der Waals surface area contributed by atoms with E-state index >= 15 is 0 Å². The molecular weight excluding hydrogens is 534 g/mol. The van der Waals surface area contributed by atoms with Crippen LogP contribution in [0.4, 0.5) is 5.69 Å². The minimum Gasteiger partial charge on any atom is -0.495 e. The third kappa shape index (κ3) is 4.09. The molecular formula is C27H21BrClNO5. The average molecular weight is 555 g/mol. The fourth-order valence-electron chi connectivity index (χ4n) is 4.33. The highest BCUT2D eigenvalue weighted by Gasteiger charge is 2.44. The normalized spacial score (nSPS) is 14.9. The fourth-order valence-corrected chi connectivity index (χ4v) is 4.94. The minimum atomic E-state index is -0.730. The molecule has 1 atom stereocenters. The van der Waals surface area contributed by atoms with E-state index in [1.54, 1.807) is 36.4 Å². The third-order valence-corrected chi connectivity index (χ3v) is 6.68. The molecule has 1 aliphatic rings. The molecule has 1 aromatic heterocycles. The van der Waals surface area contributed by atoms with Crippen LogP contribution in [-0.4, -0.2) is 19.6 Å². The number of rotatable bonds is 6. The van der Waals surface area contributed by atoms with Crippen LogP contribution in [0.5, 0.6) is 11.5 Å². The van der Waals surface area contributed by atoms with E-state index in [2.05, 4.69) is 15.9 Å². The second-order valence-electron chi connectivity index (χ2n) is 8.13. The molecule has 0 fully saturated rings. The predicted octanol–water partition coefficient (Wildman–Crippen LogP) is 6.76. The van der Waals surface area contributed by atoms with E-state index in [1.807, 2.05) is 31.2 Å². The molecule has 8 heteroatoms. The average Bonchev–Trinajstić information content (AvgIpc) is 3.16. The van der Waals surface area contributed by atoms with Crippen molar-refractivity contribution >= 4 is 50.1 Å². The van der Waals surface area contributed by atoms with Crippen LogP contribution in [0.25, 0.3) is 11.0 Å². The van der Waals surface area contributed by atoms with Crippen molar-refractivity contribution in [1.29, 1.82) is 0 Å². The van der Waals surface area contributed by atoms with Crippen molar-refractivity contribution in [3.05, 3.63) is 97.3 Å². The van der Waals surface area contributed by atoms with Crippen molar-refractivity contribution in [3.63, 3.8) is 0 Å². The molecule has 2 heterocycles. The standard InChI is InChI=1S/C27H21BrClNO5/c1-3-11-34-18-6-4-5-15(12-18)24-23-25(31)19-13-16(28)7-9-21(19)35-26(23)27(32)30(24)17-8-10-22(33-2)20(29)14-17/h4-10,12-14,24H,3,11H2,1-2H3. The van der Waals surface area contributed by atoms with Gasteiger partial charge in [0.15, 0.2) is 5.43 Å². The van der Waals surface area contributed by atoms with E-state index in [0.29, 0.717) is 39.8 Å². The Morgan fingerprint density at radius 2 is 1.91 bits per heavy atom. The molecule has 0 saturated heterocycles. The first-order valence-corrected chi connectivity index (χ1v) is 12.3. The number of benzene rings is 3. The molecule has 178 valence electrons. The van der Waals surface area contributed by atoms with E-state index in [4.69, 9.17) is 25.5 Å². The number of ether oxygens (including phenoxy) is 2. The molecule has 1 unspecified atom stereocenters. The van der Waals surface area contributed by atoms with E-state index in [0.717, 1.165) is 16.5 Å². The van der Waals surface area contributed by atoms with Gasteiger partial charge in [0.05, 0.1) is 35.7 Å². The Kier molecular flexibility index (Phi) is 6.30. The minimum absolute atomic E-state index is 0.0154. The van der Waals surface area contributed by atoms with Crippen LogP contribution in [0.3, 0.4) is 0 Å². The van der Waals surface area contributed by atoms with E-state index in [-0.39, 0.29) is 16.8 Å². The molecule has 1 aliphatic heterocycles. The van der Waals surface area contributed by atoms with Gasteiger partial charge in [0.25, 0.3) is 5.91 Å². The summed E-state index contributed by atoms with van der Waals surface area (Å²) in [5.74, 6) is 0.733. The summed E-state index contributed by atoms with van der Waals surface area (Å²) in [4.78, 5) is 29.0. The second kappa shape index (κ2) is 9.40. The first-order chi connectivity index (χ1) is 16.9. The quantitative estimate of drug-likeness (QED) is 0.263. The van der Waals surface area contributed by atoms with Crippen molar-refractivity contribution in [2.24, 2.45) is 0 Å². The molecule has 3 aromatic carbocycles. The summed E-state index contributed by atoms with van der Waals surface area (Å²) in [5, 5.41) is 0.741. The molecule has 0 saturated carbocycles. The maximum absolute atomic E-state index is 13.8. The van der Waals surface area contributed by atoms with Crippen molar-refractivity contribution in [2.45, 2.75) is 19.4 Å². The summed E-state index contributed by atoms with van der Waals surface area (Å²) >= 11 is 9.83. The van der Waals surface area contributed by atoms with E-state index < -0.39 is 11.9 Å². The summed E-state index contributed by atoms with van der Waals surface area (Å²) in [5.41, 5.74) is 1.60. The maximum atomic E-state index is 13.8. The molecule has 0 radical (unpaired) electrons. The highest BCUT2D eigenvalue weighted by molar-refractivity contribution is 9.10. The van der Waals surface area contributed by atoms with Gasteiger partial charge in [0.2, 0.25) is 5.76 Å². The molecule has 1 amide bonds. The fraction of sp³-hybridized carbons (Fsp3) is 0.185. The zero-order chi connectivity index (χ0) is 24.7. The Bertz CT molecular complexity index is 1520. The molecule has 0 bridgehead atoms. The van der Waals surface area contributed by atoms with Crippen LogP contribution >= 0.6 is 27.5 Å². The Labute approximate surface area is 215 Å². The van der Waals surface area contributed by atoms with E-state index in [1.165, 1.54) is 12.0 Å². The number of hydrogen-bond donors (Lipinski definition) is 0. The smallest absolute Gasteiger partial charge is 0.295 e. The Hall–Kier alpha value is -3.29. The van der Waals surface area contributed by atoms with E-state index in [9.17, 15) is 9.59 Å². The van der Waals surface area contributed by atoms with Crippen molar-refractivity contribution in [3.8, 4) is 11.5 Å². The van der Waals surface area contributed by atoms with Crippen molar-refractivity contribution in [1.82, 2.24) is 0 Å². The Balaban J connectivity index is 1.75. The van der Waals surface area contributed by atoms with Gasteiger partial charge in [-0.25, -0.2) is 0 Å². The number of carbonyl (C=O) groups excluding carboxylic acids is 1. The second-order valence-corrected chi connectivity index (χ2v) is 9.45. The van der Waals surface area contributed by atoms with Gasteiger partial charge in [-0.05, 0) is 60.5 Å². The van der Waals surface area contributed by atoms with Crippen LogP contribution in [0.15, 0.2) is 74.3 Å². The summed E-state index contributed by atoms with van der Waals surface area (Å²) in [6, 6.07) is 16.9. The zero-order valence-corrected chi connectivity index (χ0v) is 21.4. The number of halogens is 2. The first kappa shape index (κ1) is 23.5. The summed E-state index contributed by atoms with van der Waals surface area (Å²) < 4.78 is 17.9. The molecule has 0 spiro atoms. The van der Waals surface area contributed by atoms with Crippen LogP contribution in [-0.2, 0) is 0 Å². The summed E-state index contributed by atoms with van der Waals surface area (Å²) in [7, 11) is 1.52. The number of amides is 1. The van der Waals surface area contributed by atoms with Gasteiger partial charge in [0.1, 0.15) is 17.1 Å². The van der Waals surface area contributed by atoms with Gasteiger partial charge < -0.3 is 13.9 Å². The highest BCUT2D eigenvalue weighted by atomic mass is 79.9. The maximum Gasteiger partial charge on any atom is 0.295 e. The van der Waals surface area contributed by atoms with Crippen LogP contribution in [0.1, 0.15) is 41.1 Å². The predicted molar refractivity (Wildman–Crippen MR) is 139 cm³/mol. The monoisotopic (exact) mass is 553 g/mol. The lowest BCUT2D eigenvalue weighted by Crippen LogP contribution is -2.29. The summed E-state index contributed by atoms with van der Waals surface area (Å²) in [6.45, 7) is 2.58. The number of hydrogen-bond acceptors (Lipinski definition) is 5. The van der Waals surface area contributed by atoms with Gasteiger partial charge >= 0.3 is 0 Å². The molecule has 0 N–H and O–H groups in total. The number of methoxy groups -OCH3 is 1. The number of fused-ring (bicyclic) bond motifs is 2. The zero-order valence-electron chi connectivity index (χ0n) is 19.0. The lowest BCUT2D eigenvalue weighted by Gasteiger charge is -2.26. The largest absolute Gasteiger partial charge is 0.495 e. The van der Waals surface area contributed by atoms with Gasteiger partial charge in [-0.15, -0.1) is 0 Å². The highest BCUT2D eigenvalue weighted by Crippen LogP contribution is 2.43. The van der Waals surface area contributed by atoms with Gasteiger partial charge in [-0.1, -0.05) is 46.6 Å². The topological polar surface area (TPSA) is 69.0 Å². The molecule has 5 rings (SSSR count). The third-order valence-electron chi connectivity index (χ3n) is 5.89. The van der Waals surface area contributed by atoms with Crippen LogP contribution in [0, 0.1) is 0 Å². The van der Waals surface area contributed by atoms with Gasteiger partial charge in [-0.3, -0.25) is 14.5 Å². The number of nitrogens with zero attached hydrogens (tertiary/aromatic N) is 1. The molecule has 35 heavy (non-hydrogen) atoms. The Morgan fingerprint density at radius 1 is 1.09 bits per heavy atom. The van der Waals surface area contributed by atoms with Crippen molar-refractivity contribution in [2.75, 3.05) is 18.6 Å². The van der Waals surface area contributed by atoms with Crippen LogP contribution < -0.4 is 19.8 Å². The molecule has 4 aromatic rings. The summed E-state index contributed by atoms with van der Waals surface area (Å²) in [6.07, 6.45) is 0.857. The lowest BCUT2D eigenvalue weighted by molar-refractivity contribution is 0.0971. The molecule has 0 aliphatic carbocycles. The lowest BCUT2D eigenvalue weighted by atomic mass is 9.98. The van der Waals surface area contributed by atoms with Crippen molar-refractivity contribution < 1.29 is 18.7 Å². The number of carbonyl (C=O) groups is 1. The molecule has 6 nitrogen and oxygen atoms in total. The first-order valence-electron chi connectivity index (χ1n) is 11.1. The SMILES string of the molecule is CCCOc1cccc(C2c3c(oc4ccc(Br)cc4c3=O)C(=O)N2c2ccc(OC)c(Cl)c2)c1. The Morgan fingerprint density at radius 3 is 2.66 bits per heavy atom.